The Hall–Kier alpha value is -3.27. The first-order chi connectivity index (χ1) is 11.6. The van der Waals surface area contributed by atoms with Gasteiger partial charge in [-0.2, -0.15) is 0 Å². The van der Waals surface area contributed by atoms with Crippen LogP contribution in [0.15, 0.2) is 66.8 Å². The Labute approximate surface area is 140 Å². The molecule has 0 aromatic heterocycles. The molecule has 0 fully saturated rings. The van der Waals surface area contributed by atoms with Crippen LogP contribution in [0.25, 0.3) is 12.2 Å². The molecule has 0 bridgehead atoms. The minimum absolute atomic E-state index is 0.0537. The minimum atomic E-state index is -0.164. The molecule has 2 N–H and O–H groups in total. The van der Waals surface area contributed by atoms with Gasteiger partial charge in [-0.05, 0) is 47.5 Å². The summed E-state index contributed by atoms with van der Waals surface area (Å²) in [5, 5.41) is 18.9. The third-order valence-electron chi connectivity index (χ3n) is 3.17. The number of carbonyl (C=O) groups is 1. The summed E-state index contributed by atoms with van der Waals surface area (Å²) in [7, 11) is 1.47. The van der Waals surface area contributed by atoms with E-state index in [1.165, 1.54) is 25.3 Å². The number of methoxy groups -OCH3 is 1. The van der Waals surface area contributed by atoms with Gasteiger partial charge in [-0.15, -0.1) is 0 Å². The largest absolute Gasteiger partial charge is 0.508 e. The van der Waals surface area contributed by atoms with Crippen molar-refractivity contribution in [3.63, 3.8) is 0 Å². The molecule has 2 aromatic carbocycles. The standard InChI is InChI=1S/C20H18O4/c1-24-20-14-16(10-12-19(20)23)9-11-17(21)7-3-2-5-15-6-4-8-18(22)13-15/h2-14,22-23H,1H3/b5-2+,7-3+,11-9+. The van der Waals surface area contributed by atoms with Gasteiger partial charge in [0.25, 0.3) is 0 Å². The maximum Gasteiger partial charge on any atom is 0.178 e. The van der Waals surface area contributed by atoms with E-state index in [0.717, 1.165) is 11.1 Å². The molecule has 0 spiro atoms. The van der Waals surface area contributed by atoms with Crippen molar-refractivity contribution in [1.29, 1.82) is 0 Å². The fourth-order valence-corrected chi connectivity index (χ4v) is 1.98. The fourth-order valence-electron chi connectivity index (χ4n) is 1.98. The van der Waals surface area contributed by atoms with Crippen molar-refractivity contribution >= 4 is 17.9 Å². The van der Waals surface area contributed by atoms with Gasteiger partial charge in [0, 0.05) is 0 Å². The van der Waals surface area contributed by atoms with Crippen LogP contribution >= 0.6 is 0 Å². The zero-order valence-electron chi connectivity index (χ0n) is 13.2. The predicted molar refractivity (Wildman–Crippen MR) is 95.0 cm³/mol. The Morgan fingerprint density at radius 1 is 0.958 bits per heavy atom. The first-order valence-corrected chi connectivity index (χ1v) is 7.31. The van der Waals surface area contributed by atoms with Crippen LogP contribution in [-0.2, 0) is 4.79 Å². The molecule has 24 heavy (non-hydrogen) atoms. The smallest absolute Gasteiger partial charge is 0.178 e. The number of hydrogen-bond acceptors (Lipinski definition) is 4. The van der Waals surface area contributed by atoms with Crippen LogP contribution in [0, 0.1) is 0 Å². The first kappa shape index (κ1) is 17.1. The van der Waals surface area contributed by atoms with Crippen LogP contribution < -0.4 is 4.74 Å². The molecule has 4 nitrogen and oxygen atoms in total. The van der Waals surface area contributed by atoms with Crippen molar-refractivity contribution in [2.45, 2.75) is 0 Å². The average molecular weight is 322 g/mol. The Morgan fingerprint density at radius 3 is 2.50 bits per heavy atom. The lowest BCUT2D eigenvalue weighted by Crippen LogP contribution is -1.86. The molecule has 0 aliphatic rings. The number of rotatable bonds is 6. The summed E-state index contributed by atoms with van der Waals surface area (Å²) in [6.07, 6.45) is 9.67. The molecular weight excluding hydrogens is 304 g/mol. The van der Waals surface area contributed by atoms with E-state index in [-0.39, 0.29) is 17.3 Å². The molecule has 0 aliphatic carbocycles. The van der Waals surface area contributed by atoms with Crippen LogP contribution in [0.4, 0.5) is 0 Å². The summed E-state index contributed by atoms with van der Waals surface area (Å²) in [6.45, 7) is 0. The summed E-state index contributed by atoms with van der Waals surface area (Å²) in [5.41, 5.74) is 1.60. The van der Waals surface area contributed by atoms with E-state index < -0.39 is 0 Å². The number of ketones is 1. The Balaban J connectivity index is 1.95. The molecule has 2 rings (SSSR count). The number of allylic oxidation sites excluding steroid dienone is 4. The van der Waals surface area contributed by atoms with Crippen LogP contribution in [0.2, 0.25) is 0 Å². The second-order valence-electron chi connectivity index (χ2n) is 4.98. The summed E-state index contributed by atoms with van der Waals surface area (Å²) in [6, 6.07) is 11.7. The number of ether oxygens (including phenoxy) is 1. The zero-order chi connectivity index (χ0) is 17.4. The van der Waals surface area contributed by atoms with Gasteiger partial charge in [0.15, 0.2) is 17.3 Å². The molecular formula is C20H18O4. The van der Waals surface area contributed by atoms with Crippen LogP contribution in [-0.4, -0.2) is 23.1 Å². The van der Waals surface area contributed by atoms with E-state index in [1.807, 2.05) is 6.07 Å². The number of carbonyl (C=O) groups excluding carboxylic acids is 1. The molecule has 0 radical (unpaired) electrons. The topological polar surface area (TPSA) is 66.8 Å². The monoisotopic (exact) mass is 322 g/mol. The molecule has 0 amide bonds. The van der Waals surface area contributed by atoms with Crippen LogP contribution in [0.3, 0.4) is 0 Å². The normalized spacial score (nSPS) is 11.5. The van der Waals surface area contributed by atoms with E-state index in [2.05, 4.69) is 0 Å². The van der Waals surface area contributed by atoms with Gasteiger partial charge in [-0.1, -0.05) is 42.5 Å². The van der Waals surface area contributed by atoms with Crippen LogP contribution in [0.1, 0.15) is 11.1 Å². The summed E-state index contributed by atoms with van der Waals surface area (Å²) < 4.78 is 5.01. The van der Waals surface area contributed by atoms with Gasteiger partial charge < -0.3 is 14.9 Å². The highest BCUT2D eigenvalue weighted by Crippen LogP contribution is 2.26. The van der Waals surface area contributed by atoms with Gasteiger partial charge in [-0.3, -0.25) is 4.79 Å². The summed E-state index contributed by atoms with van der Waals surface area (Å²) in [4.78, 5) is 11.8. The van der Waals surface area contributed by atoms with Gasteiger partial charge in [0.1, 0.15) is 5.75 Å². The van der Waals surface area contributed by atoms with E-state index in [1.54, 1.807) is 54.6 Å². The quantitative estimate of drug-likeness (QED) is 0.624. The van der Waals surface area contributed by atoms with Gasteiger partial charge in [0.2, 0.25) is 0 Å². The Bertz CT molecular complexity index is 801. The van der Waals surface area contributed by atoms with Crippen molar-refractivity contribution in [2.75, 3.05) is 7.11 Å². The second-order valence-corrected chi connectivity index (χ2v) is 4.98. The predicted octanol–water partition coefficient (Wildman–Crippen LogP) is 3.96. The molecule has 0 heterocycles. The highest BCUT2D eigenvalue weighted by molar-refractivity contribution is 6.02. The zero-order valence-corrected chi connectivity index (χ0v) is 13.2. The van der Waals surface area contributed by atoms with Crippen LogP contribution in [0.5, 0.6) is 17.2 Å². The lowest BCUT2D eigenvalue weighted by molar-refractivity contribution is -0.110. The van der Waals surface area contributed by atoms with E-state index in [9.17, 15) is 15.0 Å². The molecule has 4 heteroatoms. The van der Waals surface area contributed by atoms with Gasteiger partial charge in [0.05, 0.1) is 7.11 Å². The van der Waals surface area contributed by atoms with E-state index in [4.69, 9.17) is 4.74 Å². The second kappa shape index (κ2) is 8.39. The van der Waals surface area contributed by atoms with E-state index >= 15 is 0 Å². The summed E-state index contributed by atoms with van der Waals surface area (Å²) in [5.74, 6) is 0.444. The Morgan fingerprint density at radius 2 is 1.75 bits per heavy atom. The molecule has 0 aliphatic heterocycles. The molecule has 0 saturated carbocycles. The Kier molecular flexibility index (Phi) is 5.97. The number of phenolic OH excluding ortho intramolecular Hbond substituents is 2. The number of hydrogen-bond donors (Lipinski definition) is 2. The minimum Gasteiger partial charge on any atom is -0.508 e. The number of benzene rings is 2. The molecule has 0 unspecified atom stereocenters. The van der Waals surface area contributed by atoms with Crippen molar-refractivity contribution in [3.8, 4) is 17.2 Å². The number of aromatic hydroxyl groups is 2. The molecule has 0 saturated heterocycles. The van der Waals surface area contributed by atoms with E-state index in [0.29, 0.717) is 5.75 Å². The van der Waals surface area contributed by atoms with Crippen molar-refractivity contribution in [3.05, 3.63) is 77.9 Å². The number of phenols is 2. The van der Waals surface area contributed by atoms with Crippen molar-refractivity contribution < 1.29 is 19.7 Å². The van der Waals surface area contributed by atoms with Crippen molar-refractivity contribution in [1.82, 2.24) is 0 Å². The highest BCUT2D eigenvalue weighted by atomic mass is 16.5. The lowest BCUT2D eigenvalue weighted by atomic mass is 10.1. The van der Waals surface area contributed by atoms with Gasteiger partial charge in [-0.25, -0.2) is 0 Å². The maximum atomic E-state index is 11.8. The van der Waals surface area contributed by atoms with Crippen molar-refractivity contribution in [2.24, 2.45) is 0 Å². The fraction of sp³-hybridized carbons (Fsp3) is 0.0500. The maximum absolute atomic E-state index is 11.8. The SMILES string of the molecule is COc1cc(/C=C/C(=O)/C=C/C=C/c2cccc(O)c2)ccc1O. The summed E-state index contributed by atoms with van der Waals surface area (Å²) >= 11 is 0. The average Bonchev–Trinajstić information content (AvgIpc) is 2.58. The first-order valence-electron chi connectivity index (χ1n) is 7.31. The molecule has 122 valence electrons. The third kappa shape index (κ3) is 5.18. The third-order valence-corrected chi connectivity index (χ3v) is 3.17. The highest BCUT2D eigenvalue weighted by Gasteiger charge is 2.00. The van der Waals surface area contributed by atoms with Gasteiger partial charge >= 0.3 is 0 Å². The lowest BCUT2D eigenvalue weighted by Gasteiger charge is -2.03. The molecule has 0 atom stereocenters. The molecule has 2 aromatic rings.